The molecule has 114 valence electrons. The van der Waals surface area contributed by atoms with Crippen LogP contribution in [-0.4, -0.2) is 25.3 Å². The van der Waals surface area contributed by atoms with Crippen molar-refractivity contribution < 1.29 is 13.2 Å². The molecule has 1 heterocycles. The first-order chi connectivity index (χ1) is 9.83. The standard InChI is InChI=1S/C13H18N4O3S/c1-9(2)17-8-11(7-15-17)16-21(18,19)13-5-4-10(14)6-12(13)20-3/h4-9,16H,14H2,1-3H3. The molecule has 1 aromatic heterocycles. The van der Waals surface area contributed by atoms with Crippen molar-refractivity contribution in [2.24, 2.45) is 0 Å². The summed E-state index contributed by atoms with van der Waals surface area (Å²) < 4.78 is 34.0. The Morgan fingerprint density at radius 2 is 2.10 bits per heavy atom. The summed E-state index contributed by atoms with van der Waals surface area (Å²) in [6, 6.07) is 4.53. The largest absolute Gasteiger partial charge is 0.495 e. The molecule has 0 amide bonds. The van der Waals surface area contributed by atoms with Gasteiger partial charge in [-0.2, -0.15) is 5.10 Å². The van der Waals surface area contributed by atoms with Crippen molar-refractivity contribution in [2.45, 2.75) is 24.8 Å². The molecule has 0 saturated heterocycles. The lowest BCUT2D eigenvalue weighted by molar-refractivity contribution is 0.403. The number of ether oxygens (including phenoxy) is 1. The third kappa shape index (κ3) is 3.27. The van der Waals surface area contributed by atoms with Gasteiger partial charge in [-0.1, -0.05) is 0 Å². The van der Waals surface area contributed by atoms with Gasteiger partial charge in [-0.05, 0) is 26.0 Å². The highest BCUT2D eigenvalue weighted by Crippen LogP contribution is 2.27. The number of nitrogens with one attached hydrogen (secondary N) is 1. The third-order valence-electron chi connectivity index (χ3n) is 2.86. The van der Waals surface area contributed by atoms with Crippen LogP contribution in [0.25, 0.3) is 0 Å². The SMILES string of the molecule is COc1cc(N)ccc1S(=O)(=O)Nc1cnn(C(C)C)c1. The minimum Gasteiger partial charge on any atom is -0.495 e. The van der Waals surface area contributed by atoms with E-state index in [1.807, 2.05) is 13.8 Å². The van der Waals surface area contributed by atoms with Gasteiger partial charge in [0.05, 0.1) is 19.0 Å². The van der Waals surface area contributed by atoms with E-state index in [1.54, 1.807) is 10.9 Å². The van der Waals surface area contributed by atoms with Crippen LogP contribution in [0.3, 0.4) is 0 Å². The van der Waals surface area contributed by atoms with Crippen LogP contribution < -0.4 is 15.2 Å². The lowest BCUT2D eigenvalue weighted by Gasteiger charge is -2.11. The van der Waals surface area contributed by atoms with E-state index in [0.29, 0.717) is 11.4 Å². The highest BCUT2D eigenvalue weighted by Gasteiger charge is 2.20. The van der Waals surface area contributed by atoms with Gasteiger partial charge in [-0.3, -0.25) is 9.40 Å². The number of anilines is 2. The van der Waals surface area contributed by atoms with E-state index in [-0.39, 0.29) is 16.7 Å². The summed E-state index contributed by atoms with van der Waals surface area (Å²) in [5, 5.41) is 4.09. The van der Waals surface area contributed by atoms with E-state index in [0.717, 1.165) is 0 Å². The van der Waals surface area contributed by atoms with Gasteiger partial charge in [0.2, 0.25) is 0 Å². The summed E-state index contributed by atoms with van der Waals surface area (Å²) in [5.74, 6) is 0.193. The Balaban J connectivity index is 2.33. The monoisotopic (exact) mass is 310 g/mol. The number of methoxy groups -OCH3 is 1. The van der Waals surface area contributed by atoms with Crippen molar-refractivity contribution in [1.82, 2.24) is 9.78 Å². The van der Waals surface area contributed by atoms with Crippen LogP contribution in [0.2, 0.25) is 0 Å². The van der Waals surface area contributed by atoms with Crippen molar-refractivity contribution >= 4 is 21.4 Å². The fraction of sp³-hybridized carbons (Fsp3) is 0.308. The zero-order valence-electron chi connectivity index (χ0n) is 12.1. The first kappa shape index (κ1) is 15.2. The minimum atomic E-state index is -3.77. The second-order valence-corrected chi connectivity index (χ2v) is 6.47. The second kappa shape index (κ2) is 5.65. The van der Waals surface area contributed by atoms with E-state index in [2.05, 4.69) is 9.82 Å². The lowest BCUT2D eigenvalue weighted by atomic mass is 10.3. The molecule has 1 aromatic carbocycles. The molecule has 3 N–H and O–H groups in total. The van der Waals surface area contributed by atoms with Gasteiger partial charge < -0.3 is 10.5 Å². The molecule has 0 fully saturated rings. The van der Waals surface area contributed by atoms with Gasteiger partial charge in [-0.25, -0.2) is 8.42 Å². The fourth-order valence-corrected chi connectivity index (χ4v) is 2.97. The summed E-state index contributed by atoms with van der Waals surface area (Å²) in [5.41, 5.74) is 6.45. The predicted octanol–water partition coefficient (Wildman–Crippen LogP) is 1.86. The van der Waals surface area contributed by atoms with Gasteiger partial charge in [-0.15, -0.1) is 0 Å². The third-order valence-corrected chi connectivity index (χ3v) is 4.28. The Hall–Kier alpha value is -2.22. The van der Waals surface area contributed by atoms with Crippen LogP contribution >= 0.6 is 0 Å². The number of hydrogen-bond acceptors (Lipinski definition) is 5. The van der Waals surface area contributed by atoms with Crippen LogP contribution in [0.4, 0.5) is 11.4 Å². The summed E-state index contributed by atoms with van der Waals surface area (Å²) in [4.78, 5) is 0.0245. The zero-order chi connectivity index (χ0) is 15.6. The van der Waals surface area contributed by atoms with E-state index in [9.17, 15) is 8.42 Å². The first-order valence-electron chi connectivity index (χ1n) is 6.34. The smallest absolute Gasteiger partial charge is 0.265 e. The fourth-order valence-electron chi connectivity index (χ4n) is 1.79. The molecule has 0 atom stereocenters. The number of nitrogens with zero attached hydrogens (tertiary/aromatic N) is 2. The molecule has 21 heavy (non-hydrogen) atoms. The second-order valence-electron chi connectivity index (χ2n) is 4.82. The molecule has 2 rings (SSSR count). The van der Waals surface area contributed by atoms with Crippen LogP contribution in [-0.2, 0) is 10.0 Å². The Morgan fingerprint density at radius 1 is 1.38 bits per heavy atom. The summed E-state index contributed by atoms with van der Waals surface area (Å²) >= 11 is 0. The molecule has 0 aliphatic heterocycles. The molecule has 2 aromatic rings. The zero-order valence-corrected chi connectivity index (χ0v) is 12.9. The van der Waals surface area contributed by atoms with Crippen LogP contribution in [0.5, 0.6) is 5.75 Å². The van der Waals surface area contributed by atoms with E-state index in [4.69, 9.17) is 10.5 Å². The molecule has 0 aliphatic carbocycles. The number of aromatic nitrogens is 2. The summed E-state index contributed by atoms with van der Waals surface area (Å²) in [7, 11) is -2.38. The minimum absolute atomic E-state index is 0.0245. The van der Waals surface area contributed by atoms with E-state index < -0.39 is 10.0 Å². The number of nitrogens with two attached hydrogens (primary N) is 1. The van der Waals surface area contributed by atoms with E-state index >= 15 is 0 Å². The highest BCUT2D eigenvalue weighted by molar-refractivity contribution is 7.92. The van der Waals surface area contributed by atoms with Gasteiger partial charge in [0.1, 0.15) is 10.6 Å². The van der Waals surface area contributed by atoms with Crippen molar-refractivity contribution in [1.29, 1.82) is 0 Å². The lowest BCUT2D eigenvalue weighted by Crippen LogP contribution is -2.14. The van der Waals surface area contributed by atoms with E-state index in [1.165, 1.54) is 31.5 Å². The van der Waals surface area contributed by atoms with Crippen molar-refractivity contribution in [3.8, 4) is 5.75 Å². The van der Waals surface area contributed by atoms with Gasteiger partial charge >= 0.3 is 0 Å². The molecular weight excluding hydrogens is 292 g/mol. The first-order valence-corrected chi connectivity index (χ1v) is 7.82. The average molecular weight is 310 g/mol. The number of benzene rings is 1. The number of sulfonamides is 1. The Bertz CT molecular complexity index is 738. The normalized spacial score (nSPS) is 11.6. The molecule has 0 bridgehead atoms. The Morgan fingerprint density at radius 3 is 2.67 bits per heavy atom. The quantitative estimate of drug-likeness (QED) is 0.821. The van der Waals surface area contributed by atoms with Crippen LogP contribution in [0, 0.1) is 0 Å². The van der Waals surface area contributed by atoms with Gasteiger partial charge in [0.15, 0.2) is 0 Å². The number of hydrogen-bond donors (Lipinski definition) is 2. The molecule has 8 heteroatoms. The number of nitrogen functional groups attached to an aromatic ring is 1. The average Bonchev–Trinajstić information content (AvgIpc) is 2.86. The Labute approximate surface area is 123 Å². The number of rotatable bonds is 5. The summed E-state index contributed by atoms with van der Waals surface area (Å²) in [6.07, 6.45) is 3.09. The molecule has 0 radical (unpaired) electrons. The van der Waals surface area contributed by atoms with Gasteiger partial charge in [0.25, 0.3) is 10.0 Å². The summed E-state index contributed by atoms with van der Waals surface area (Å²) in [6.45, 7) is 3.91. The van der Waals surface area contributed by atoms with Crippen molar-refractivity contribution in [3.05, 3.63) is 30.6 Å². The van der Waals surface area contributed by atoms with Crippen LogP contribution in [0.1, 0.15) is 19.9 Å². The molecule has 0 spiro atoms. The molecule has 0 aliphatic rings. The van der Waals surface area contributed by atoms with Crippen molar-refractivity contribution in [2.75, 3.05) is 17.6 Å². The maximum atomic E-state index is 12.4. The topological polar surface area (TPSA) is 99.2 Å². The Kier molecular flexibility index (Phi) is 4.08. The molecular formula is C13H18N4O3S. The molecule has 0 unspecified atom stereocenters. The highest BCUT2D eigenvalue weighted by atomic mass is 32.2. The molecule has 0 saturated carbocycles. The maximum absolute atomic E-state index is 12.4. The van der Waals surface area contributed by atoms with Crippen molar-refractivity contribution in [3.63, 3.8) is 0 Å². The molecule has 7 nitrogen and oxygen atoms in total. The predicted molar refractivity (Wildman–Crippen MR) is 80.8 cm³/mol. The maximum Gasteiger partial charge on any atom is 0.265 e. The van der Waals surface area contributed by atoms with Crippen LogP contribution in [0.15, 0.2) is 35.5 Å². The van der Waals surface area contributed by atoms with Gasteiger partial charge in [0, 0.05) is 24.0 Å².